The third-order valence-electron chi connectivity index (χ3n) is 3.07. The van der Waals surface area contributed by atoms with E-state index in [0.29, 0.717) is 4.57 Å². The van der Waals surface area contributed by atoms with E-state index in [1.54, 1.807) is 0 Å². The summed E-state index contributed by atoms with van der Waals surface area (Å²) in [5.41, 5.74) is 4.68. The average Bonchev–Trinajstić information content (AvgIpc) is 2.65. The van der Waals surface area contributed by atoms with E-state index < -0.39 is 36.7 Å². The zero-order valence-corrected chi connectivity index (χ0v) is 12.1. The van der Waals surface area contributed by atoms with Crippen LogP contribution in [0, 0.1) is 0 Å². The van der Waals surface area contributed by atoms with Crippen LogP contribution in [0.2, 0.25) is 0 Å². The quantitative estimate of drug-likeness (QED) is 0.697. The van der Waals surface area contributed by atoms with E-state index in [9.17, 15) is 18.7 Å². The summed E-state index contributed by atoms with van der Waals surface area (Å²) < 4.78 is 33.4. The van der Waals surface area contributed by atoms with E-state index in [4.69, 9.17) is 15.6 Å². The number of rotatable bonds is 3. The minimum absolute atomic E-state index is 0.132. The first-order valence-corrected chi connectivity index (χ1v) is 6.72. The van der Waals surface area contributed by atoms with Crippen LogP contribution in [-0.2, 0) is 4.74 Å². The van der Waals surface area contributed by atoms with Crippen LogP contribution in [0.5, 0.6) is 0 Å². The Bertz CT molecular complexity index is 622. The molecule has 21 heavy (non-hydrogen) atoms. The van der Waals surface area contributed by atoms with E-state index in [1.807, 2.05) is 0 Å². The van der Waals surface area contributed by atoms with Crippen LogP contribution < -0.4 is 11.4 Å². The van der Waals surface area contributed by atoms with Gasteiger partial charge in [-0.1, -0.05) is 15.9 Å². The van der Waals surface area contributed by atoms with Crippen molar-refractivity contribution in [2.45, 2.75) is 24.4 Å². The highest BCUT2D eigenvalue weighted by molar-refractivity contribution is 9.11. The first-order valence-electron chi connectivity index (χ1n) is 5.80. The predicted molar refractivity (Wildman–Crippen MR) is 72.8 cm³/mol. The lowest BCUT2D eigenvalue weighted by Gasteiger charge is -2.21. The van der Waals surface area contributed by atoms with Crippen LogP contribution >= 0.6 is 15.9 Å². The van der Waals surface area contributed by atoms with Crippen LogP contribution in [-0.4, -0.2) is 44.5 Å². The van der Waals surface area contributed by atoms with E-state index in [1.165, 1.54) is 11.1 Å². The van der Waals surface area contributed by atoms with Gasteiger partial charge in [0.05, 0.1) is 6.61 Å². The standard InChI is InChI=1S/C11H12BrF2N3O4/c12-2-1-5-3-17(10(20)16-8(5)15)9-11(13,14)7(19)6(4-18)21-9/h1-3,6-7,9,18-19H,4H2,(H2,15,16,20)/b2-1+. The fraction of sp³-hybridized carbons (Fsp3) is 0.455. The van der Waals surface area contributed by atoms with Gasteiger partial charge < -0.3 is 20.7 Å². The number of hydrogen-bond donors (Lipinski definition) is 3. The van der Waals surface area contributed by atoms with E-state index in [-0.39, 0.29) is 11.4 Å². The van der Waals surface area contributed by atoms with Gasteiger partial charge in [-0.2, -0.15) is 13.8 Å². The summed E-state index contributed by atoms with van der Waals surface area (Å²) in [5, 5.41) is 18.4. The Morgan fingerprint density at radius 2 is 2.29 bits per heavy atom. The fourth-order valence-corrected chi connectivity index (χ4v) is 2.26. The Kier molecular flexibility index (Phi) is 4.42. The van der Waals surface area contributed by atoms with Crippen LogP contribution in [0.3, 0.4) is 0 Å². The number of alkyl halides is 2. The number of nitrogen functional groups attached to an aromatic ring is 1. The second-order valence-corrected chi connectivity index (χ2v) is 4.92. The molecular weight excluding hydrogens is 356 g/mol. The summed E-state index contributed by atoms with van der Waals surface area (Å²) in [5.74, 6) is -3.89. The molecule has 1 fully saturated rings. The maximum Gasteiger partial charge on any atom is 0.351 e. The van der Waals surface area contributed by atoms with Gasteiger partial charge in [0.25, 0.3) is 0 Å². The Morgan fingerprint density at radius 1 is 1.62 bits per heavy atom. The number of nitrogens with zero attached hydrogens (tertiary/aromatic N) is 2. The van der Waals surface area contributed by atoms with Gasteiger partial charge in [0, 0.05) is 11.8 Å². The molecule has 10 heteroatoms. The molecule has 116 valence electrons. The fourth-order valence-electron chi connectivity index (χ4n) is 1.98. The number of anilines is 1. The van der Waals surface area contributed by atoms with E-state index in [2.05, 4.69) is 20.9 Å². The molecule has 7 nitrogen and oxygen atoms in total. The largest absolute Gasteiger partial charge is 0.394 e. The summed E-state index contributed by atoms with van der Waals surface area (Å²) in [6.07, 6.45) is -3.34. The van der Waals surface area contributed by atoms with Crippen molar-refractivity contribution in [2.24, 2.45) is 0 Å². The lowest BCUT2D eigenvalue weighted by atomic mass is 10.1. The molecule has 0 spiro atoms. The second kappa shape index (κ2) is 5.79. The van der Waals surface area contributed by atoms with Crippen molar-refractivity contribution in [2.75, 3.05) is 12.3 Å². The number of aliphatic hydroxyl groups is 2. The van der Waals surface area contributed by atoms with Gasteiger partial charge in [0.15, 0.2) is 6.10 Å². The zero-order chi connectivity index (χ0) is 15.8. The summed E-state index contributed by atoms with van der Waals surface area (Å²) >= 11 is 3.00. The van der Waals surface area contributed by atoms with Crippen molar-refractivity contribution < 1.29 is 23.7 Å². The van der Waals surface area contributed by atoms with E-state index in [0.717, 1.165) is 6.20 Å². The molecule has 4 N–H and O–H groups in total. The second-order valence-electron chi connectivity index (χ2n) is 4.39. The molecule has 0 amide bonds. The van der Waals surface area contributed by atoms with Crippen LogP contribution in [0.4, 0.5) is 14.6 Å². The number of ether oxygens (including phenoxy) is 1. The van der Waals surface area contributed by atoms with Crippen molar-refractivity contribution in [3.63, 3.8) is 0 Å². The third kappa shape index (κ3) is 2.71. The highest BCUT2D eigenvalue weighted by Crippen LogP contribution is 2.42. The van der Waals surface area contributed by atoms with Gasteiger partial charge in [-0.3, -0.25) is 4.57 Å². The monoisotopic (exact) mass is 367 g/mol. The molecular formula is C11H12BrF2N3O4. The SMILES string of the molecule is Nc1nc(=O)n(C2OC(CO)C(O)C2(F)F)cc1/C=C/Br. The maximum absolute atomic E-state index is 14.0. The Morgan fingerprint density at radius 3 is 2.81 bits per heavy atom. The number of halogens is 3. The van der Waals surface area contributed by atoms with Gasteiger partial charge in [0.2, 0.25) is 6.23 Å². The van der Waals surface area contributed by atoms with E-state index >= 15 is 0 Å². The Labute approximate surface area is 125 Å². The number of aliphatic hydroxyl groups excluding tert-OH is 2. The smallest absolute Gasteiger partial charge is 0.351 e. The van der Waals surface area contributed by atoms with Crippen molar-refractivity contribution >= 4 is 27.8 Å². The molecule has 1 saturated heterocycles. The molecule has 0 aliphatic carbocycles. The molecule has 2 rings (SSSR count). The molecule has 1 aromatic rings. The number of hydrogen-bond acceptors (Lipinski definition) is 6. The number of aromatic nitrogens is 2. The van der Waals surface area contributed by atoms with Gasteiger partial charge in [0.1, 0.15) is 11.9 Å². The first-order chi connectivity index (χ1) is 9.82. The Balaban J connectivity index is 2.51. The summed E-state index contributed by atoms with van der Waals surface area (Å²) in [4.78, 5) is 16.6. The first kappa shape index (κ1) is 16.0. The number of nitrogens with two attached hydrogens (primary N) is 1. The average molecular weight is 368 g/mol. The molecule has 3 unspecified atom stereocenters. The highest BCUT2D eigenvalue weighted by atomic mass is 79.9. The molecule has 0 bridgehead atoms. The molecule has 0 saturated carbocycles. The van der Waals surface area contributed by atoms with Crippen LogP contribution in [0.15, 0.2) is 16.0 Å². The maximum atomic E-state index is 14.0. The van der Waals surface area contributed by atoms with Gasteiger partial charge in [-0.25, -0.2) is 4.79 Å². The summed E-state index contributed by atoms with van der Waals surface area (Å²) in [6.45, 7) is -0.807. The molecule has 1 aliphatic heterocycles. The molecule has 0 aromatic carbocycles. The minimum atomic E-state index is -3.76. The topological polar surface area (TPSA) is 111 Å². The normalized spacial score (nSPS) is 28.3. The Hall–Kier alpha value is -1.36. The van der Waals surface area contributed by atoms with Crippen molar-refractivity contribution in [3.8, 4) is 0 Å². The van der Waals surface area contributed by atoms with Crippen molar-refractivity contribution in [3.05, 3.63) is 27.2 Å². The minimum Gasteiger partial charge on any atom is -0.394 e. The van der Waals surface area contributed by atoms with Gasteiger partial charge in [-0.15, -0.1) is 0 Å². The molecule has 2 heterocycles. The lowest BCUT2D eigenvalue weighted by Crippen LogP contribution is -2.42. The van der Waals surface area contributed by atoms with Gasteiger partial charge in [-0.05, 0) is 11.1 Å². The van der Waals surface area contributed by atoms with Crippen molar-refractivity contribution in [1.82, 2.24) is 9.55 Å². The third-order valence-corrected chi connectivity index (χ3v) is 3.33. The van der Waals surface area contributed by atoms with Crippen LogP contribution in [0.1, 0.15) is 11.8 Å². The predicted octanol–water partition coefficient (Wildman–Crippen LogP) is 0.0770. The molecule has 1 aromatic heterocycles. The molecule has 1 aliphatic rings. The molecule has 3 atom stereocenters. The summed E-state index contributed by atoms with van der Waals surface area (Å²) in [7, 11) is 0. The lowest BCUT2D eigenvalue weighted by molar-refractivity contribution is -0.141. The highest BCUT2D eigenvalue weighted by Gasteiger charge is 2.59. The van der Waals surface area contributed by atoms with Crippen LogP contribution in [0.25, 0.3) is 6.08 Å². The summed E-state index contributed by atoms with van der Waals surface area (Å²) in [6, 6.07) is 0. The van der Waals surface area contributed by atoms with Gasteiger partial charge >= 0.3 is 11.6 Å². The zero-order valence-electron chi connectivity index (χ0n) is 10.5. The molecule has 0 radical (unpaired) electrons. The van der Waals surface area contributed by atoms with Crippen molar-refractivity contribution in [1.29, 1.82) is 0 Å².